The molecule has 0 aliphatic carbocycles. The van der Waals surface area contributed by atoms with Gasteiger partial charge in [-0.15, -0.1) is 11.3 Å². The number of thiazole rings is 1. The van der Waals surface area contributed by atoms with Gasteiger partial charge < -0.3 is 0 Å². The molecule has 3 heteroatoms. The molecule has 0 atom stereocenters. The average Bonchev–Trinajstić information content (AvgIpc) is 2.87. The van der Waals surface area contributed by atoms with Crippen LogP contribution in [0.2, 0.25) is 0 Å². The second-order valence-corrected chi connectivity index (χ2v) is 6.34. The van der Waals surface area contributed by atoms with Gasteiger partial charge in [-0.1, -0.05) is 17.7 Å². The molecule has 0 aliphatic rings. The van der Waals surface area contributed by atoms with Crippen molar-refractivity contribution < 1.29 is 4.39 Å². The van der Waals surface area contributed by atoms with E-state index in [0.717, 1.165) is 15.4 Å². The molecule has 3 aromatic rings. The summed E-state index contributed by atoms with van der Waals surface area (Å²) in [6, 6.07) is 10.9. The molecule has 0 unspecified atom stereocenters. The van der Waals surface area contributed by atoms with Crippen LogP contribution < -0.4 is 0 Å². The predicted octanol–water partition coefficient (Wildman–Crippen LogP) is 5.54. The predicted molar refractivity (Wildman–Crippen MR) is 87.2 cm³/mol. The van der Waals surface area contributed by atoms with Crippen molar-refractivity contribution in [3.8, 4) is 21.0 Å². The minimum Gasteiger partial charge on any atom is -0.244 e. The molecule has 0 aliphatic heterocycles. The smallest absolute Gasteiger partial charge is 0.123 e. The molecule has 0 spiro atoms. The van der Waals surface area contributed by atoms with E-state index in [0.29, 0.717) is 0 Å². The molecule has 0 amide bonds. The standard InChI is InChI=1S/C18H16FNS/c1-11-8-12(2)17(13(3)9-11)16-10-20-18(21-16)14-4-6-15(19)7-5-14/h4-10H,1-3H3. The van der Waals surface area contributed by atoms with Gasteiger partial charge in [-0.25, -0.2) is 9.37 Å². The Morgan fingerprint density at radius 3 is 2.19 bits per heavy atom. The molecule has 0 fully saturated rings. The van der Waals surface area contributed by atoms with Crippen LogP contribution in [0.25, 0.3) is 21.0 Å². The summed E-state index contributed by atoms with van der Waals surface area (Å²) in [5.74, 6) is -0.222. The summed E-state index contributed by atoms with van der Waals surface area (Å²) in [6.45, 7) is 6.37. The minimum absolute atomic E-state index is 0.222. The first-order valence-electron chi connectivity index (χ1n) is 6.84. The van der Waals surface area contributed by atoms with Crippen LogP contribution in [0.15, 0.2) is 42.6 Å². The highest BCUT2D eigenvalue weighted by molar-refractivity contribution is 7.18. The lowest BCUT2D eigenvalue weighted by Crippen LogP contribution is -1.87. The van der Waals surface area contributed by atoms with Gasteiger partial charge in [-0.05, 0) is 61.7 Å². The Hall–Kier alpha value is -2.00. The Kier molecular flexibility index (Phi) is 3.60. The van der Waals surface area contributed by atoms with Crippen LogP contribution in [0.3, 0.4) is 0 Å². The lowest BCUT2D eigenvalue weighted by Gasteiger charge is -2.08. The Morgan fingerprint density at radius 1 is 0.952 bits per heavy atom. The highest BCUT2D eigenvalue weighted by atomic mass is 32.1. The molecule has 106 valence electrons. The van der Waals surface area contributed by atoms with Gasteiger partial charge in [0.15, 0.2) is 0 Å². The number of nitrogens with zero attached hydrogens (tertiary/aromatic N) is 1. The molecule has 1 heterocycles. The molecule has 0 bridgehead atoms. The largest absolute Gasteiger partial charge is 0.244 e. The molecular weight excluding hydrogens is 281 g/mol. The summed E-state index contributed by atoms with van der Waals surface area (Å²) >= 11 is 1.65. The van der Waals surface area contributed by atoms with Crippen LogP contribution in [-0.2, 0) is 0 Å². The van der Waals surface area contributed by atoms with Crippen molar-refractivity contribution in [3.63, 3.8) is 0 Å². The second kappa shape index (κ2) is 5.41. The summed E-state index contributed by atoms with van der Waals surface area (Å²) in [6.07, 6.45) is 1.91. The molecule has 0 radical (unpaired) electrons. The molecule has 21 heavy (non-hydrogen) atoms. The fourth-order valence-corrected chi connectivity index (χ4v) is 3.78. The first-order chi connectivity index (χ1) is 10.0. The van der Waals surface area contributed by atoms with Gasteiger partial charge in [0.25, 0.3) is 0 Å². The van der Waals surface area contributed by atoms with E-state index in [1.165, 1.54) is 34.4 Å². The van der Waals surface area contributed by atoms with Crippen LogP contribution in [0.5, 0.6) is 0 Å². The third-order valence-corrected chi connectivity index (χ3v) is 4.58. The van der Waals surface area contributed by atoms with E-state index in [1.54, 1.807) is 23.5 Å². The zero-order valence-corrected chi connectivity index (χ0v) is 13.1. The molecule has 3 rings (SSSR count). The summed E-state index contributed by atoms with van der Waals surface area (Å²) in [5.41, 5.74) is 6.02. The quantitative estimate of drug-likeness (QED) is 0.605. The van der Waals surface area contributed by atoms with Crippen molar-refractivity contribution in [2.45, 2.75) is 20.8 Å². The maximum atomic E-state index is 13.0. The number of aryl methyl sites for hydroxylation is 3. The second-order valence-electron chi connectivity index (χ2n) is 5.31. The Bertz CT molecular complexity index is 764. The SMILES string of the molecule is Cc1cc(C)c(-c2cnc(-c3ccc(F)cc3)s2)c(C)c1. The van der Waals surface area contributed by atoms with E-state index in [1.807, 2.05) is 6.20 Å². The van der Waals surface area contributed by atoms with E-state index in [4.69, 9.17) is 0 Å². The highest BCUT2D eigenvalue weighted by Gasteiger charge is 2.11. The number of hydrogen-bond acceptors (Lipinski definition) is 2. The Labute approximate surface area is 128 Å². The van der Waals surface area contributed by atoms with E-state index in [2.05, 4.69) is 37.9 Å². The van der Waals surface area contributed by atoms with Gasteiger partial charge in [0.05, 0.1) is 4.88 Å². The van der Waals surface area contributed by atoms with Crippen molar-refractivity contribution >= 4 is 11.3 Å². The first-order valence-corrected chi connectivity index (χ1v) is 7.66. The normalized spacial score (nSPS) is 10.9. The summed E-state index contributed by atoms with van der Waals surface area (Å²) in [7, 11) is 0. The lowest BCUT2D eigenvalue weighted by atomic mass is 9.99. The third-order valence-electron chi connectivity index (χ3n) is 3.52. The van der Waals surface area contributed by atoms with Crippen LogP contribution in [-0.4, -0.2) is 4.98 Å². The van der Waals surface area contributed by atoms with Crippen LogP contribution in [0, 0.1) is 26.6 Å². The van der Waals surface area contributed by atoms with Gasteiger partial charge in [-0.3, -0.25) is 0 Å². The van der Waals surface area contributed by atoms with E-state index in [9.17, 15) is 4.39 Å². The van der Waals surface area contributed by atoms with Gasteiger partial charge in [0.1, 0.15) is 10.8 Å². The average molecular weight is 297 g/mol. The van der Waals surface area contributed by atoms with Gasteiger partial charge >= 0.3 is 0 Å². The molecule has 0 saturated carbocycles. The molecule has 2 aromatic carbocycles. The van der Waals surface area contributed by atoms with Gasteiger partial charge in [-0.2, -0.15) is 0 Å². The minimum atomic E-state index is -0.222. The van der Waals surface area contributed by atoms with Crippen LogP contribution in [0.4, 0.5) is 4.39 Å². The fraction of sp³-hybridized carbons (Fsp3) is 0.167. The summed E-state index contributed by atoms with van der Waals surface area (Å²) in [5, 5.41) is 0.921. The van der Waals surface area contributed by atoms with Crippen LogP contribution >= 0.6 is 11.3 Å². The maximum Gasteiger partial charge on any atom is 0.123 e. The van der Waals surface area contributed by atoms with Crippen molar-refractivity contribution in [2.75, 3.05) is 0 Å². The van der Waals surface area contributed by atoms with Crippen molar-refractivity contribution in [2.24, 2.45) is 0 Å². The summed E-state index contributed by atoms with van der Waals surface area (Å²) < 4.78 is 13.0. The third kappa shape index (κ3) is 2.74. The van der Waals surface area contributed by atoms with Gasteiger partial charge in [0.2, 0.25) is 0 Å². The van der Waals surface area contributed by atoms with E-state index >= 15 is 0 Å². The van der Waals surface area contributed by atoms with Gasteiger partial charge in [0, 0.05) is 11.8 Å². The zero-order valence-electron chi connectivity index (χ0n) is 12.3. The van der Waals surface area contributed by atoms with Crippen molar-refractivity contribution in [1.82, 2.24) is 4.98 Å². The fourth-order valence-electron chi connectivity index (χ4n) is 2.68. The number of benzene rings is 2. The monoisotopic (exact) mass is 297 g/mol. The molecular formula is C18H16FNS. The Morgan fingerprint density at radius 2 is 1.57 bits per heavy atom. The Balaban J connectivity index is 2.05. The number of halogens is 1. The topological polar surface area (TPSA) is 12.9 Å². The van der Waals surface area contributed by atoms with Crippen molar-refractivity contribution in [3.05, 3.63) is 65.1 Å². The molecule has 1 nitrogen and oxygen atoms in total. The molecule has 1 aromatic heterocycles. The maximum absolute atomic E-state index is 13.0. The zero-order chi connectivity index (χ0) is 15.0. The summed E-state index contributed by atoms with van der Waals surface area (Å²) in [4.78, 5) is 5.65. The number of aromatic nitrogens is 1. The van der Waals surface area contributed by atoms with E-state index in [-0.39, 0.29) is 5.82 Å². The lowest BCUT2D eigenvalue weighted by molar-refractivity contribution is 0.628. The highest BCUT2D eigenvalue weighted by Crippen LogP contribution is 2.36. The first kappa shape index (κ1) is 14.0. The molecule has 0 saturated heterocycles. The molecule has 0 N–H and O–H groups in total. The number of hydrogen-bond donors (Lipinski definition) is 0. The van der Waals surface area contributed by atoms with Crippen molar-refractivity contribution in [1.29, 1.82) is 0 Å². The van der Waals surface area contributed by atoms with Crippen LogP contribution in [0.1, 0.15) is 16.7 Å². The van der Waals surface area contributed by atoms with E-state index < -0.39 is 0 Å². The number of rotatable bonds is 2.